The van der Waals surface area contributed by atoms with Gasteiger partial charge >= 0.3 is 5.97 Å². The summed E-state index contributed by atoms with van der Waals surface area (Å²) in [6, 6.07) is 7.45. The fourth-order valence-electron chi connectivity index (χ4n) is 2.07. The minimum absolute atomic E-state index is 0.247. The van der Waals surface area contributed by atoms with Crippen LogP contribution in [0, 0.1) is 0 Å². The van der Waals surface area contributed by atoms with Gasteiger partial charge in [-0.05, 0) is 12.1 Å². The van der Waals surface area contributed by atoms with E-state index in [1.54, 1.807) is 18.5 Å². The number of benzene rings is 1. The van der Waals surface area contributed by atoms with Crippen molar-refractivity contribution >= 4 is 23.4 Å². The molecule has 2 heterocycles. The molecule has 0 fully saturated rings. The van der Waals surface area contributed by atoms with Crippen LogP contribution in [0.5, 0.6) is 0 Å². The van der Waals surface area contributed by atoms with Gasteiger partial charge in [0, 0.05) is 35.5 Å². The maximum atomic E-state index is 11.3. The molecule has 1 aromatic heterocycles. The second-order valence-corrected chi connectivity index (χ2v) is 4.40. The number of hydrogen-bond donors (Lipinski definition) is 1. The normalized spacial score (nSPS) is 13.8. The first kappa shape index (κ1) is 12.2. The Morgan fingerprint density at radius 1 is 1.15 bits per heavy atom. The van der Waals surface area contributed by atoms with Crippen molar-refractivity contribution in [1.82, 2.24) is 9.97 Å². The number of aromatic nitrogens is 2. The first-order valence-electron chi connectivity index (χ1n) is 6.10. The van der Waals surface area contributed by atoms with E-state index < -0.39 is 5.97 Å². The van der Waals surface area contributed by atoms with Gasteiger partial charge in [-0.1, -0.05) is 18.2 Å². The van der Waals surface area contributed by atoms with Gasteiger partial charge in [-0.3, -0.25) is 4.99 Å². The average molecular weight is 265 g/mol. The highest BCUT2D eigenvalue weighted by Gasteiger charge is 2.17. The molecule has 0 aliphatic carbocycles. The van der Waals surface area contributed by atoms with Gasteiger partial charge < -0.3 is 5.11 Å². The zero-order valence-electron chi connectivity index (χ0n) is 10.5. The van der Waals surface area contributed by atoms with E-state index in [4.69, 9.17) is 0 Å². The Hall–Kier alpha value is -2.82. The Kier molecular flexibility index (Phi) is 3.09. The van der Waals surface area contributed by atoms with Gasteiger partial charge in [-0.15, -0.1) is 0 Å². The smallest absolute Gasteiger partial charge is 0.331 e. The Bertz CT molecular complexity index is 721. The van der Waals surface area contributed by atoms with Crippen molar-refractivity contribution in [3.63, 3.8) is 0 Å². The predicted octanol–water partition coefficient (Wildman–Crippen LogP) is 2.47. The molecule has 98 valence electrons. The minimum atomic E-state index is -0.939. The average Bonchev–Trinajstić information content (AvgIpc) is 2.67. The van der Waals surface area contributed by atoms with Crippen molar-refractivity contribution in [2.45, 2.75) is 6.42 Å². The highest BCUT2D eigenvalue weighted by molar-refractivity contribution is 6.10. The number of rotatable bonds is 2. The van der Waals surface area contributed by atoms with Gasteiger partial charge in [0.05, 0.1) is 11.4 Å². The van der Waals surface area contributed by atoms with Gasteiger partial charge in [-0.25, -0.2) is 14.8 Å². The van der Waals surface area contributed by atoms with Crippen LogP contribution in [0.2, 0.25) is 0 Å². The predicted molar refractivity (Wildman–Crippen MR) is 74.9 cm³/mol. The summed E-state index contributed by atoms with van der Waals surface area (Å²) in [5, 5.41) is 9.30. The van der Waals surface area contributed by atoms with E-state index in [1.807, 2.05) is 24.3 Å². The number of fused-ring (bicyclic) bond motifs is 1. The Labute approximate surface area is 115 Å². The molecule has 0 saturated heterocycles. The van der Waals surface area contributed by atoms with Crippen molar-refractivity contribution in [2.75, 3.05) is 0 Å². The lowest BCUT2D eigenvalue weighted by atomic mass is 10.0. The van der Waals surface area contributed by atoms with Crippen molar-refractivity contribution in [3.8, 4) is 0 Å². The van der Waals surface area contributed by atoms with E-state index in [0.717, 1.165) is 16.8 Å². The summed E-state index contributed by atoms with van der Waals surface area (Å²) in [7, 11) is 0. The molecule has 2 aromatic rings. The summed E-state index contributed by atoms with van der Waals surface area (Å²) >= 11 is 0. The summed E-state index contributed by atoms with van der Waals surface area (Å²) in [4.78, 5) is 23.8. The molecule has 0 spiro atoms. The fraction of sp³-hybridized carbons (Fsp3) is 0.0667. The number of aliphatic carboxylic acids is 1. The Morgan fingerprint density at radius 2 is 1.90 bits per heavy atom. The lowest BCUT2D eigenvalue weighted by Gasteiger charge is -2.04. The molecule has 0 atom stereocenters. The molecular formula is C15H11N3O2. The number of carboxylic acid groups (broad SMARTS) is 1. The van der Waals surface area contributed by atoms with Crippen LogP contribution in [0.25, 0.3) is 6.08 Å². The molecule has 0 radical (unpaired) electrons. The molecule has 5 nitrogen and oxygen atoms in total. The molecule has 20 heavy (non-hydrogen) atoms. The molecule has 3 rings (SSSR count). The largest absolute Gasteiger partial charge is 0.478 e. The van der Waals surface area contributed by atoms with E-state index >= 15 is 0 Å². The van der Waals surface area contributed by atoms with Crippen LogP contribution in [-0.2, 0) is 4.79 Å². The molecule has 1 N–H and O–H groups in total. The molecule has 1 aliphatic rings. The highest BCUT2D eigenvalue weighted by atomic mass is 16.4. The zero-order valence-corrected chi connectivity index (χ0v) is 10.5. The number of aliphatic imine (C=N–C) groups is 1. The number of carboxylic acids is 1. The van der Waals surface area contributed by atoms with Crippen molar-refractivity contribution in [3.05, 3.63) is 59.7 Å². The number of hydrogen-bond acceptors (Lipinski definition) is 4. The lowest BCUT2D eigenvalue weighted by molar-refractivity contribution is -0.132. The van der Waals surface area contributed by atoms with E-state index in [0.29, 0.717) is 11.3 Å². The van der Waals surface area contributed by atoms with Crippen LogP contribution in [0.15, 0.2) is 53.6 Å². The Balaban J connectivity index is 2.16. The van der Waals surface area contributed by atoms with Gasteiger partial charge in [0.2, 0.25) is 0 Å². The van der Waals surface area contributed by atoms with E-state index in [2.05, 4.69) is 15.0 Å². The molecule has 1 aliphatic heterocycles. The van der Waals surface area contributed by atoms with Gasteiger partial charge in [-0.2, -0.15) is 0 Å². The summed E-state index contributed by atoms with van der Waals surface area (Å²) < 4.78 is 0. The molecule has 0 saturated carbocycles. The standard InChI is InChI=1S/C15H11N3O2/c19-15(20)11-5-10-3-1-2-4-13(10)18-14(6-11)12-7-16-9-17-8-12/h1-5,7-9H,6H2,(H,19,20). The number of nitrogens with zero attached hydrogens (tertiary/aromatic N) is 3. The van der Waals surface area contributed by atoms with Crippen LogP contribution in [0.1, 0.15) is 17.5 Å². The van der Waals surface area contributed by atoms with Crippen LogP contribution in [0.4, 0.5) is 5.69 Å². The molecular weight excluding hydrogens is 254 g/mol. The van der Waals surface area contributed by atoms with Gasteiger partial charge in [0.1, 0.15) is 6.33 Å². The molecule has 1 aromatic carbocycles. The lowest BCUT2D eigenvalue weighted by Crippen LogP contribution is -2.08. The fourth-order valence-corrected chi connectivity index (χ4v) is 2.07. The maximum Gasteiger partial charge on any atom is 0.331 e. The first-order chi connectivity index (χ1) is 9.74. The maximum absolute atomic E-state index is 11.3. The van der Waals surface area contributed by atoms with Crippen LogP contribution in [0.3, 0.4) is 0 Å². The topological polar surface area (TPSA) is 75.4 Å². The van der Waals surface area contributed by atoms with Gasteiger partial charge in [0.25, 0.3) is 0 Å². The minimum Gasteiger partial charge on any atom is -0.478 e. The van der Waals surface area contributed by atoms with E-state index in [1.165, 1.54) is 6.33 Å². The summed E-state index contributed by atoms with van der Waals surface area (Å²) in [6.45, 7) is 0. The van der Waals surface area contributed by atoms with Crippen LogP contribution in [-0.4, -0.2) is 26.8 Å². The second-order valence-electron chi connectivity index (χ2n) is 4.40. The Morgan fingerprint density at radius 3 is 2.65 bits per heavy atom. The second kappa shape index (κ2) is 5.05. The third kappa shape index (κ3) is 2.33. The third-order valence-electron chi connectivity index (χ3n) is 3.05. The van der Waals surface area contributed by atoms with Crippen LogP contribution < -0.4 is 0 Å². The zero-order chi connectivity index (χ0) is 13.9. The third-order valence-corrected chi connectivity index (χ3v) is 3.05. The number of carbonyl (C=O) groups is 1. The van der Waals surface area contributed by atoms with Crippen molar-refractivity contribution in [2.24, 2.45) is 4.99 Å². The van der Waals surface area contributed by atoms with Crippen LogP contribution >= 0.6 is 0 Å². The summed E-state index contributed by atoms with van der Waals surface area (Å²) in [5.74, 6) is -0.939. The van der Waals surface area contributed by atoms with Crippen molar-refractivity contribution in [1.29, 1.82) is 0 Å². The SMILES string of the molecule is O=C(O)C1=Cc2ccccc2N=C(c2cncnc2)C1. The van der Waals surface area contributed by atoms with E-state index in [-0.39, 0.29) is 6.42 Å². The van der Waals surface area contributed by atoms with E-state index in [9.17, 15) is 9.90 Å². The molecule has 0 amide bonds. The quantitative estimate of drug-likeness (QED) is 0.905. The molecule has 0 unspecified atom stereocenters. The highest BCUT2D eigenvalue weighted by Crippen LogP contribution is 2.28. The monoisotopic (exact) mass is 265 g/mol. The number of para-hydroxylation sites is 1. The molecule has 5 heteroatoms. The summed E-state index contributed by atoms with van der Waals surface area (Å²) in [6.07, 6.45) is 6.62. The first-order valence-corrected chi connectivity index (χ1v) is 6.10. The molecule has 0 bridgehead atoms. The van der Waals surface area contributed by atoms with Gasteiger partial charge in [0.15, 0.2) is 0 Å². The van der Waals surface area contributed by atoms with Crippen molar-refractivity contribution < 1.29 is 9.90 Å². The summed E-state index contributed by atoms with van der Waals surface area (Å²) in [5.41, 5.74) is 3.25.